The Morgan fingerprint density at radius 2 is 2.05 bits per heavy atom. The van der Waals surface area contributed by atoms with Crippen LogP contribution in [0.2, 0.25) is 0 Å². The van der Waals surface area contributed by atoms with Crippen molar-refractivity contribution in [2.24, 2.45) is 0 Å². The zero-order valence-electron chi connectivity index (χ0n) is 13.6. The zero-order chi connectivity index (χ0) is 13.7. The first-order valence-electron chi connectivity index (χ1n) is 6.35. The SMILES string of the molecule is [CH2-]C/C(=C\C)c1ccc(NC)nc1C(C)N(C)C.[CH3-].[U+2]. The molecular weight excluding hydrogens is 472 g/mol. The normalized spacial score (nSPS) is 12.4. The first-order valence-corrected chi connectivity index (χ1v) is 6.35. The molecule has 0 aliphatic carbocycles. The number of allylic oxidation sites excluding steroid dienone is 2. The Morgan fingerprint density at radius 1 is 1.45 bits per heavy atom. The first-order chi connectivity index (χ1) is 8.54. The Hall–Kier alpha value is -0.298. The van der Waals surface area contributed by atoms with Gasteiger partial charge in [-0.15, -0.1) is 0 Å². The molecule has 0 saturated carbocycles. The van der Waals surface area contributed by atoms with Crippen molar-refractivity contribution in [1.82, 2.24) is 9.88 Å². The van der Waals surface area contributed by atoms with Crippen LogP contribution in [-0.4, -0.2) is 31.0 Å². The molecule has 0 aliphatic heterocycles. The molecule has 0 bridgehead atoms. The predicted molar refractivity (Wildman–Crippen MR) is 85.9 cm³/mol. The van der Waals surface area contributed by atoms with E-state index in [4.69, 9.17) is 4.98 Å². The molecule has 1 heterocycles. The van der Waals surface area contributed by atoms with Gasteiger partial charge in [-0.25, -0.2) is 4.98 Å². The molecule has 1 N–H and O–H groups in total. The molecule has 0 aliphatic rings. The molecule has 3 nitrogen and oxygen atoms in total. The molecule has 0 fully saturated rings. The van der Waals surface area contributed by atoms with E-state index in [2.05, 4.69) is 57.2 Å². The van der Waals surface area contributed by atoms with Crippen LogP contribution in [0, 0.1) is 45.5 Å². The Kier molecular flexibility index (Phi) is 11.5. The van der Waals surface area contributed by atoms with E-state index in [1.165, 1.54) is 11.1 Å². The summed E-state index contributed by atoms with van der Waals surface area (Å²) in [7, 11) is 6.04. The van der Waals surface area contributed by atoms with Gasteiger partial charge in [-0.2, -0.15) is 6.42 Å². The average Bonchev–Trinajstić information content (AvgIpc) is 2.39. The first kappa shape index (κ1) is 22.0. The van der Waals surface area contributed by atoms with Gasteiger partial charge in [0.1, 0.15) is 5.82 Å². The fourth-order valence-corrected chi connectivity index (χ4v) is 1.88. The van der Waals surface area contributed by atoms with Gasteiger partial charge in [-0.05, 0) is 45.6 Å². The van der Waals surface area contributed by atoms with Crippen molar-refractivity contribution in [3.8, 4) is 0 Å². The molecule has 1 aromatic heterocycles. The van der Waals surface area contributed by atoms with Crippen LogP contribution in [0.25, 0.3) is 5.57 Å². The summed E-state index contributed by atoms with van der Waals surface area (Å²) in [6.07, 6.45) is 2.90. The van der Waals surface area contributed by atoms with E-state index < -0.39 is 0 Å². The van der Waals surface area contributed by atoms with E-state index in [9.17, 15) is 0 Å². The number of nitrogens with zero attached hydrogens (tertiary/aromatic N) is 2. The molecule has 1 aromatic rings. The smallest absolute Gasteiger partial charge is 0.373 e. The van der Waals surface area contributed by atoms with Crippen LogP contribution in [-0.2, 0) is 0 Å². The fourth-order valence-electron chi connectivity index (χ4n) is 1.88. The zero-order valence-corrected chi connectivity index (χ0v) is 17.8. The molecule has 20 heavy (non-hydrogen) atoms. The second-order valence-electron chi connectivity index (χ2n) is 4.58. The molecule has 1 unspecified atom stereocenters. The third kappa shape index (κ3) is 5.24. The molecule has 110 valence electrons. The van der Waals surface area contributed by atoms with Crippen LogP contribution < -0.4 is 5.32 Å². The van der Waals surface area contributed by atoms with Crippen LogP contribution in [0.5, 0.6) is 0 Å². The van der Waals surface area contributed by atoms with E-state index in [0.29, 0.717) is 0 Å². The van der Waals surface area contributed by atoms with Gasteiger partial charge in [0.05, 0.1) is 5.69 Å². The minimum atomic E-state index is 0. The summed E-state index contributed by atoms with van der Waals surface area (Å²) in [5.41, 5.74) is 3.55. The van der Waals surface area contributed by atoms with Crippen molar-refractivity contribution in [3.05, 3.63) is 43.8 Å². The van der Waals surface area contributed by atoms with Gasteiger partial charge in [0.25, 0.3) is 0 Å². The second-order valence-corrected chi connectivity index (χ2v) is 4.58. The molecule has 1 rings (SSSR count). The van der Waals surface area contributed by atoms with Crippen LogP contribution in [0.4, 0.5) is 5.82 Å². The van der Waals surface area contributed by atoms with Gasteiger partial charge >= 0.3 is 31.1 Å². The minimum absolute atomic E-state index is 0. The number of anilines is 1. The van der Waals surface area contributed by atoms with Gasteiger partial charge in [0.15, 0.2) is 0 Å². The van der Waals surface area contributed by atoms with Gasteiger partial charge in [0, 0.05) is 13.1 Å². The van der Waals surface area contributed by atoms with E-state index in [0.717, 1.165) is 17.9 Å². The van der Waals surface area contributed by atoms with Crippen molar-refractivity contribution >= 4 is 11.4 Å². The summed E-state index contributed by atoms with van der Waals surface area (Å²) < 4.78 is 0. The summed E-state index contributed by atoms with van der Waals surface area (Å²) in [6, 6.07) is 4.42. The molecule has 0 spiro atoms. The molecule has 0 amide bonds. The number of rotatable bonds is 5. The summed E-state index contributed by atoms with van der Waals surface area (Å²) in [5.74, 6) is 0.905. The second kappa shape index (κ2) is 10.4. The monoisotopic (exact) mass is 499 g/mol. The van der Waals surface area contributed by atoms with Gasteiger partial charge < -0.3 is 24.6 Å². The van der Waals surface area contributed by atoms with E-state index in [1.54, 1.807) is 0 Å². The predicted octanol–water partition coefficient (Wildman–Crippen LogP) is 3.82. The van der Waals surface area contributed by atoms with Crippen LogP contribution in [0.3, 0.4) is 0 Å². The van der Waals surface area contributed by atoms with Gasteiger partial charge in [0.2, 0.25) is 0 Å². The maximum atomic E-state index is 4.71. The van der Waals surface area contributed by atoms with Crippen molar-refractivity contribution in [3.63, 3.8) is 0 Å². The quantitative estimate of drug-likeness (QED) is 0.625. The van der Waals surface area contributed by atoms with Crippen molar-refractivity contribution in [2.45, 2.75) is 26.3 Å². The number of nitrogens with one attached hydrogen (secondary N) is 1. The maximum absolute atomic E-state index is 4.71. The number of hydrogen-bond donors (Lipinski definition) is 1. The largest absolute Gasteiger partial charge is 2.00 e. The van der Waals surface area contributed by atoms with Crippen molar-refractivity contribution in [1.29, 1.82) is 0 Å². The molecule has 0 radical (unpaired) electrons. The third-order valence-electron chi connectivity index (χ3n) is 3.31. The Balaban J connectivity index is 0. The number of hydrogen-bond acceptors (Lipinski definition) is 3. The minimum Gasteiger partial charge on any atom is -0.373 e. The molecular formula is C16H27N3U. The number of aromatic nitrogens is 1. The van der Waals surface area contributed by atoms with Gasteiger partial charge in [-0.3, -0.25) is 0 Å². The van der Waals surface area contributed by atoms with E-state index >= 15 is 0 Å². The summed E-state index contributed by atoms with van der Waals surface area (Å²) in [4.78, 5) is 6.88. The molecule has 0 aromatic carbocycles. The summed E-state index contributed by atoms with van der Waals surface area (Å²) >= 11 is 0. The summed E-state index contributed by atoms with van der Waals surface area (Å²) in [5, 5.41) is 3.10. The van der Waals surface area contributed by atoms with Crippen LogP contribution >= 0.6 is 0 Å². The molecule has 4 heteroatoms. The Labute approximate surface area is 148 Å². The van der Waals surface area contributed by atoms with E-state index in [1.807, 2.05) is 13.1 Å². The average molecular weight is 499 g/mol. The van der Waals surface area contributed by atoms with Crippen molar-refractivity contribution in [2.75, 3.05) is 26.5 Å². The van der Waals surface area contributed by atoms with Crippen LogP contribution in [0.15, 0.2) is 18.2 Å². The van der Waals surface area contributed by atoms with Crippen molar-refractivity contribution < 1.29 is 31.1 Å². The van der Waals surface area contributed by atoms with Gasteiger partial charge in [-0.1, -0.05) is 11.6 Å². The van der Waals surface area contributed by atoms with E-state index in [-0.39, 0.29) is 44.6 Å². The molecule has 1 atom stereocenters. The Morgan fingerprint density at radius 3 is 2.45 bits per heavy atom. The topological polar surface area (TPSA) is 28.2 Å². The Bertz CT molecular complexity index is 428. The standard InChI is InChI=1S/C15H24N3.CH3.U/c1-7-12(8-2)13-9-10-14(16-4)17-15(13)11(3)18(5)6;;/h8-11H,1,7H2,2-6H3,(H,16,17);1H3;/q2*-1;+2/b12-8+;;. The summed E-state index contributed by atoms with van der Waals surface area (Å²) in [6.45, 7) is 8.22. The third-order valence-corrected chi connectivity index (χ3v) is 3.31. The van der Waals surface area contributed by atoms with Crippen LogP contribution in [0.1, 0.15) is 37.6 Å². The number of pyridine rings is 1. The maximum Gasteiger partial charge on any atom is 2.00 e. The molecule has 0 saturated heterocycles. The fraction of sp³-hybridized carbons (Fsp3) is 0.438.